The van der Waals surface area contributed by atoms with Crippen LogP contribution in [0.25, 0.3) is 0 Å². The molecule has 0 fully saturated rings. The van der Waals surface area contributed by atoms with Crippen LogP contribution in [-0.2, 0) is 9.59 Å². The van der Waals surface area contributed by atoms with Gasteiger partial charge in [-0.1, -0.05) is 71.9 Å². The number of aliphatic imine (C=N–C) groups is 1. The minimum absolute atomic E-state index is 0.0426. The van der Waals surface area contributed by atoms with Crippen LogP contribution in [0.2, 0.25) is 0 Å². The molecule has 2 aliphatic heterocycles. The number of anilines is 1. The zero-order chi connectivity index (χ0) is 25.1. The van der Waals surface area contributed by atoms with E-state index in [0.717, 1.165) is 22.6 Å². The number of para-hydroxylation sites is 1. The SMILES string of the molecule is COc1ccc([C@@H]2CC(c3ccc(C)cc3)=NN2C2=NC(=O)[C@@H](CC(=O)Nc3ccccc3)S2)cc1. The Morgan fingerprint density at radius 2 is 1.78 bits per heavy atom. The Morgan fingerprint density at radius 1 is 1.06 bits per heavy atom. The summed E-state index contributed by atoms with van der Waals surface area (Å²) < 4.78 is 5.32. The molecule has 5 rings (SSSR count). The molecule has 2 heterocycles. The average Bonchev–Trinajstić information content (AvgIpc) is 3.49. The molecule has 0 aliphatic carbocycles. The number of amides is 2. The number of hydrazone groups is 1. The van der Waals surface area contributed by atoms with Crippen LogP contribution < -0.4 is 10.1 Å². The maximum atomic E-state index is 12.8. The number of rotatable bonds is 6. The first-order valence-electron chi connectivity index (χ1n) is 11.7. The molecule has 2 aliphatic rings. The second-order valence-corrected chi connectivity index (χ2v) is 9.88. The molecule has 3 aromatic rings. The van der Waals surface area contributed by atoms with Crippen molar-refractivity contribution >= 4 is 40.1 Å². The summed E-state index contributed by atoms with van der Waals surface area (Å²) in [7, 11) is 1.64. The molecule has 1 N–H and O–H groups in total. The van der Waals surface area contributed by atoms with Crippen molar-refractivity contribution in [3.63, 3.8) is 0 Å². The number of amidine groups is 1. The van der Waals surface area contributed by atoms with Gasteiger partial charge < -0.3 is 10.1 Å². The number of hydrogen-bond acceptors (Lipinski definition) is 6. The number of nitrogens with zero attached hydrogens (tertiary/aromatic N) is 3. The number of carbonyl (C=O) groups excluding carboxylic acids is 2. The monoisotopic (exact) mass is 498 g/mol. The molecular formula is C28H26N4O3S. The number of thioether (sulfide) groups is 1. The normalized spacial score (nSPS) is 19.2. The smallest absolute Gasteiger partial charge is 0.262 e. The van der Waals surface area contributed by atoms with Crippen molar-refractivity contribution in [1.29, 1.82) is 0 Å². The van der Waals surface area contributed by atoms with E-state index >= 15 is 0 Å². The van der Waals surface area contributed by atoms with Crippen molar-refractivity contribution in [2.45, 2.75) is 31.1 Å². The van der Waals surface area contributed by atoms with Gasteiger partial charge >= 0.3 is 0 Å². The molecule has 182 valence electrons. The number of nitrogens with one attached hydrogen (secondary N) is 1. The number of ether oxygens (including phenoxy) is 1. The summed E-state index contributed by atoms with van der Waals surface area (Å²) >= 11 is 1.29. The summed E-state index contributed by atoms with van der Waals surface area (Å²) in [5, 5.41) is 9.50. The van der Waals surface area contributed by atoms with Gasteiger partial charge in [0.2, 0.25) is 5.91 Å². The molecule has 0 saturated heterocycles. The van der Waals surface area contributed by atoms with Crippen LogP contribution in [0.15, 0.2) is 89.0 Å². The van der Waals surface area contributed by atoms with Crippen LogP contribution in [0.4, 0.5) is 5.69 Å². The third-order valence-corrected chi connectivity index (χ3v) is 7.29. The Balaban J connectivity index is 1.36. The molecule has 0 saturated carbocycles. The summed E-state index contributed by atoms with van der Waals surface area (Å²) in [6, 6.07) is 25.2. The Hall–Kier alpha value is -3.91. The van der Waals surface area contributed by atoms with E-state index in [-0.39, 0.29) is 24.3 Å². The molecule has 2 amide bonds. The molecule has 0 spiro atoms. The van der Waals surface area contributed by atoms with Crippen molar-refractivity contribution < 1.29 is 14.3 Å². The minimum Gasteiger partial charge on any atom is -0.497 e. The van der Waals surface area contributed by atoms with E-state index in [1.54, 1.807) is 7.11 Å². The van der Waals surface area contributed by atoms with E-state index in [1.807, 2.05) is 59.6 Å². The predicted octanol–water partition coefficient (Wildman–Crippen LogP) is 5.18. The first-order chi connectivity index (χ1) is 17.5. The fourth-order valence-corrected chi connectivity index (χ4v) is 5.26. The number of carbonyl (C=O) groups is 2. The van der Waals surface area contributed by atoms with Gasteiger partial charge in [-0.2, -0.15) is 10.1 Å². The van der Waals surface area contributed by atoms with Crippen LogP contribution in [0.3, 0.4) is 0 Å². The third kappa shape index (κ3) is 5.18. The van der Waals surface area contributed by atoms with E-state index in [2.05, 4.69) is 41.5 Å². The molecule has 0 aromatic heterocycles. The Labute approximate surface area is 214 Å². The number of methoxy groups -OCH3 is 1. The highest BCUT2D eigenvalue weighted by atomic mass is 32.2. The van der Waals surface area contributed by atoms with Crippen LogP contribution in [0.1, 0.15) is 35.6 Å². The van der Waals surface area contributed by atoms with E-state index < -0.39 is 5.25 Å². The highest BCUT2D eigenvalue weighted by Gasteiger charge is 2.39. The largest absolute Gasteiger partial charge is 0.497 e. The second-order valence-electron chi connectivity index (χ2n) is 8.71. The fourth-order valence-electron chi connectivity index (χ4n) is 4.20. The quantitative estimate of drug-likeness (QED) is 0.506. The van der Waals surface area contributed by atoms with Gasteiger partial charge in [0.15, 0.2) is 5.17 Å². The third-order valence-electron chi connectivity index (χ3n) is 6.15. The van der Waals surface area contributed by atoms with Crippen molar-refractivity contribution in [1.82, 2.24) is 5.01 Å². The molecule has 0 radical (unpaired) electrons. The average molecular weight is 499 g/mol. The van der Waals surface area contributed by atoms with Gasteiger partial charge in [-0.25, -0.2) is 5.01 Å². The molecule has 3 aromatic carbocycles. The molecule has 36 heavy (non-hydrogen) atoms. The maximum absolute atomic E-state index is 12.8. The number of hydrogen-bond donors (Lipinski definition) is 1. The van der Waals surface area contributed by atoms with Crippen LogP contribution in [0.5, 0.6) is 5.75 Å². The highest BCUT2D eigenvalue weighted by molar-refractivity contribution is 8.15. The molecule has 7 nitrogen and oxygen atoms in total. The Morgan fingerprint density at radius 3 is 2.47 bits per heavy atom. The second kappa shape index (κ2) is 10.4. The fraction of sp³-hybridized carbons (Fsp3) is 0.214. The summed E-state index contributed by atoms with van der Waals surface area (Å²) in [5.74, 6) is 0.237. The summed E-state index contributed by atoms with van der Waals surface area (Å²) in [6.07, 6.45) is 0.712. The van der Waals surface area contributed by atoms with Crippen molar-refractivity contribution in [2.75, 3.05) is 12.4 Å². The summed E-state index contributed by atoms with van der Waals surface area (Å²) in [4.78, 5) is 29.7. The van der Waals surface area contributed by atoms with Crippen molar-refractivity contribution in [3.05, 3.63) is 95.6 Å². The van der Waals surface area contributed by atoms with Crippen LogP contribution in [0, 0.1) is 6.92 Å². The van der Waals surface area contributed by atoms with E-state index in [1.165, 1.54) is 17.3 Å². The van der Waals surface area contributed by atoms with Crippen molar-refractivity contribution in [2.24, 2.45) is 10.1 Å². The van der Waals surface area contributed by atoms with Crippen LogP contribution in [-0.4, -0.2) is 40.1 Å². The minimum atomic E-state index is -0.584. The molecule has 8 heteroatoms. The number of benzene rings is 3. The van der Waals surface area contributed by atoms with Gasteiger partial charge in [0.1, 0.15) is 11.0 Å². The molecular weight excluding hydrogens is 472 g/mol. The summed E-state index contributed by atoms with van der Waals surface area (Å²) in [5.41, 5.74) is 4.89. The topological polar surface area (TPSA) is 83.4 Å². The first-order valence-corrected chi connectivity index (χ1v) is 12.6. The first kappa shape index (κ1) is 23.8. The zero-order valence-corrected chi connectivity index (χ0v) is 20.9. The van der Waals surface area contributed by atoms with Gasteiger partial charge in [0.25, 0.3) is 5.91 Å². The van der Waals surface area contributed by atoms with Gasteiger partial charge in [0, 0.05) is 18.5 Å². The molecule has 2 atom stereocenters. The Bertz CT molecular complexity index is 1320. The molecule has 0 unspecified atom stereocenters. The van der Waals surface area contributed by atoms with Gasteiger partial charge in [-0.3, -0.25) is 9.59 Å². The maximum Gasteiger partial charge on any atom is 0.262 e. The van der Waals surface area contributed by atoms with E-state index in [0.29, 0.717) is 17.3 Å². The predicted molar refractivity (Wildman–Crippen MR) is 143 cm³/mol. The lowest BCUT2D eigenvalue weighted by atomic mass is 9.98. The van der Waals surface area contributed by atoms with Crippen molar-refractivity contribution in [3.8, 4) is 5.75 Å². The lowest BCUT2D eigenvalue weighted by molar-refractivity contribution is -0.121. The van der Waals surface area contributed by atoms with Gasteiger partial charge in [0.05, 0.1) is 18.9 Å². The lowest BCUT2D eigenvalue weighted by Crippen LogP contribution is -2.25. The van der Waals surface area contributed by atoms with E-state index in [4.69, 9.17) is 9.84 Å². The van der Waals surface area contributed by atoms with Gasteiger partial charge in [-0.15, -0.1) is 0 Å². The van der Waals surface area contributed by atoms with Gasteiger partial charge in [-0.05, 0) is 42.3 Å². The lowest BCUT2D eigenvalue weighted by Gasteiger charge is -2.23. The Kier molecular flexibility index (Phi) is 6.86. The van der Waals surface area contributed by atoms with Crippen LogP contribution >= 0.6 is 11.8 Å². The standard InChI is InChI=1S/C28H26N4O3S/c1-18-8-10-19(11-9-18)23-16-24(20-12-14-22(35-2)15-13-20)32(31-23)28-30-27(34)25(36-28)17-26(33)29-21-6-4-3-5-7-21/h3-15,24-25H,16-17H2,1-2H3,(H,29,33)/t24-,25+/m0/s1. The zero-order valence-electron chi connectivity index (χ0n) is 20.0. The molecule has 0 bridgehead atoms. The van der Waals surface area contributed by atoms with E-state index in [9.17, 15) is 9.59 Å². The summed E-state index contributed by atoms with van der Waals surface area (Å²) in [6.45, 7) is 2.05. The highest BCUT2D eigenvalue weighted by Crippen LogP contribution is 2.39. The number of aryl methyl sites for hydroxylation is 1.